The first kappa shape index (κ1) is 20.5. The number of ether oxygens (including phenoxy) is 1. The highest BCUT2D eigenvalue weighted by atomic mass is 32.1. The first-order chi connectivity index (χ1) is 15.1. The topological polar surface area (TPSA) is 112 Å². The summed E-state index contributed by atoms with van der Waals surface area (Å²) in [5.41, 5.74) is 2.09. The fourth-order valence-electron chi connectivity index (χ4n) is 2.78. The van der Waals surface area contributed by atoms with Gasteiger partial charge >= 0.3 is 0 Å². The maximum Gasteiger partial charge on any atom is 0.229 e. The van der Waals surface area contributed by atoms with Gasteiger partial charge in [-0.25, -0.2) is 9.97 Å². The Labute approximate surface area is 183 Å². The molecular formula is C21H20N8OS. The molecule has 0 amide bonds. The molecule has 0 bridgehead atoms. The maximum atomic E-state index is 8.99. The van der Waals surface area contributed by atoms with Gasteiger partial charge in [-0.1, -0.05) is 0 Å². The number of rotatable bonds is 8. The lowest BCUT2D eigenvalue weighted by molar-refractivity contribution is 0.261. The average molecular weight is 433 g/mol. The molecule has 0 saturated heterocycles. The van der Waals surface area contributed by atoms with Gasteiger partial charge in [-0.05, 0) is 50.5 Å². The number of fused-ring (bicyclic) bond motifs is 1. The van der Waals surface area contributed by atoms with Crippen molar-refractivity contribution in [1.82, 2.24) is 24.2 Å². The summed E-state index contributed by atoms with van der Waals surface area (Å²) in [6, 6.07) is 14.9. The van der Waals surface area contributed by atoms with Gasteiger partial charge in [0.15, 0.2) is 0 Å². The van der Waals surface area contributed by atoms with E-state index in [0.29, 0.717) is 29.1 Å². The summed E-state index contributed by atoms with van der Waals surface area (Å²) in [4.78, 5) is 15.5. The highest BCUT2D eigenvalue weighted by molar-refractivity contribution is 7.09. The van der Waals surface area contributed by atoms with E-state index in [1.807, 2.05) is 44.4 Å². The van der Waals surface area contributed by atoms with Crippen LogP contribution in [0, 0.1) is 11.3 Å². The van der Waals surface area contributed by atoms with Gasteiger partial charge in [0.25, 0.3) is 0 Å². The molecule has 4 rings (SSSR count). The summed E-state index contributed by atoms with van der Waals surface area (Å²) in [7, 11) is 4.01. The Morgan fingerprint density at radius 2 is 1.94 bits per heavy atom. The second-order valence-corrected chi connectivity index (χ2v) is 7.69. The van der Waals surface area contributed by atoms with E-state index in [-0.39, 0.29) is 0 Å². The minimum absolute atomic E-state index is 0.412. The van der Waals surface area contributed by atoms with Gasteiger partial charge in [0.05, 0.1) is 17.1 Å². The van der Waals surface area contributed by atoms with Crippen molar-refractivity contribution in [2.75, 3.05) is 37.9 Å². The van der Waals surface area contributed by atoms with Gasteiger partial charge in [0, 0.05) is 35.2 Å². The number of benzene rings is 2. The normalized spacial score (nSPS) is 10.8. The molecule has 2 N–H and O–H groups in total. The summed E-state index contributed by atoms with van der Waals surface area (Å²) < 4.78 is 9.89. The van der Waals surface area contributed by atoms with Gasteiger partial charge in [-0.3, -0.25) is 0 Å². The second kappa shape index (κ2) is 9.34. The fourth-order valence-corrected chi connectivity index (χ4v) is 3.21. The number of nitriles is 1. The molecule has 0 saturated carbocycles. The third-order valence-electron chi connectivity index (χ3n) is 4.33. The third-order valence-corrected chi connectivity index (χ3v) is 4.91. The standard InChI is InChI=1S/C21H20N8OS/c1-29(2)9-10-30-16-7-8-17-18(11-16)26-20(25-15-5-3-14(12-22)4-6-15)27-19(17)28-21-23-13-24-31-21/h3-8,11,13H,9-10H2,1-2H3,(H2,23,24,25,26,27,28). The van der Waals surface area contributed by atoms with E-state index in [4.69, 9.17) is 10.00 Å². The van der Waals surface area contributed by atoms with Crippen molar-refractivity contribution < 1.29 is 4.74 Å². The molecule has 0 atom stereocenters. The Kier molecular flexibility index (Phi) is 6.16. The molecule has 0 spiro atoms. The van der Waals surface area contributed by atoms with Crippen LogP contribution in [0.1, 0.15) is 5.56 Å². The molecule has 4 aromatic rings. The van der Waals surface area contributed by atoms with Crippen molar-refractivity contribution in [3.05, 3.63) is 54.4 Å². The number of nitrogens with zero attached hydrogens (tertiary/aromatic N) is 6. The quantitative estimate of drug-likeness (QED) is 0.429. The molecule has 156 valence electrons. The number of anilines is 4. The summed E-state index contributed by atoms with van der Waals surface area (Å²) in [6.45, 7) is 1.40. The van der Waals surface area contributed by atoms with Crippen molar-refractivity contribution in [3.63, 3.8) is 0 Å². The van der Waals surface area contributed by atoms with Crippen LogP contribution in [0.5, 0.6) is 5.75 Å². The van der Waals surface area contributed by atoms with Gasteiger partial charge in [0.1, 0.15) is 24.5 Å². The molecule has 0 radical (unpaired) electrons. The van der Waals surface area contributed by atoms with Crippen molar-refractivity contribution >= 4 is 45.0 Å². The first-order valence-electron chi connectivity index (χ1n) is 9.51. The van der Waals surface area contributed by atoms with E-state index >= 15 is 0 Å². The number of hydrogen-bond donors (Lipinski definition) is 2. The van der Waals surface area contributed by atoms with E-state index in [0.717, 1.165) is 28.9 Å². The number of nitrogens with one attached hydrogen (secondary N) is 2. The van der Waals surface area contributed by atoms with Crippen LogP contribution in [-0.2, 0) is 0 Å². The Morgan fingerprint density at radius 1 is 1.10 bits per heavy atom. The van der Waals surface area contributed by atoms with Crippen molar-refractivity contribution in [3.8, 4) is 11.8 Å². The van der Waals surface area contributed by atoms with Crippen LogP contribution in [0.15, 0.2) is 48.8 Å². The minimum atomic E-state index is 0.412. The molecule has 9 nitrogen and oxygen atoms in total. The first-order valence-corrected chi connectivity index (χ1v) is 10.3. The zero-order valence-corrected chi connectivity index (χ0v) is 17.8. The largest absolute Gasteiger partial charge is 0.492 e. The van der Waals surface area contributed by atoms with Crippen LogP contribution in [0.2, 0.25) is 0 Å². The minimum Gasteiger partial charge on any atom is -0.492 e. The number of hydrogen-bond acceptors (Lipinski definition) is 10. The van der Waals surface area contributed by atoms with E-state index < -0.39 is 0 Å². The van der Waals surface area contributed by atoms with E-state index in [1.54, 1.807) is 12.1 Å². The fraction of sp³-hybridized carbons (Fsp3) is 0.190. The second-order valence-electron chi connectivity index (χ2n) is 6.91. The Hall–Kier alpha value is -3.81. The monoisotopic (exact) mass is 432 g/mol. The van der Waals surface area contributed by atoms with Crippen LogP contribution in [0.4, 0.5) is 22.6 Å². The van der Waals surface area contributed by atoms with E-state index in [2.05, 4.69) is 40.9 Å². The van der Waals surface area contributed by atoms with Gasteiger partial charge in [-0.15, -0.1) is 0 Å². The highest BCUT2D eigenvalue weighted by Gasteiger charge is 2.11. The van der Waals surface area contributed by atoms with Crippen molar-refractivity contribution in [2.45, 2.75) is 0 Å². The molecule has 31 heavy (non-hydrogen) atoms. The van der Waals surface area contributed by atoms with Crippen LogP contribution >= 0.6 is 11.5 Å². The summed E-state index contributed by atoms with van der Waals surface area (Å²) in [6.07, 6.45) is 1.49. The molecule has 0 aliphatic heterocycles. The predicted octanol–water partition coefficient (Wildman–Crippen LogP) is 3.78. The molecule has 0 fully saturated rings. The lowest BCUT2D eigenvalue weighted by atomic mass is 10.2. The smallest absolute Gasteiger partial charge is 0.229 e. The molecule has 0 unspecified atom stereocenters. The van der Waals surface area contributed by atoms with Crippen LogP contribution < -0.4 is 15.4 Å². The summed E-state index contributed by atoms with van der Waals surface area (Å²) >= 11 is 1.24. The molecule has 10 heteroatoms. The molecular weight excluding hydrogens is 412 g/mol. The zero-order valence-electron chi connectivity index (χ0n) is 17.0. The number of aromatic nitrogens is 4. The summed E-state index contributed by atoms with van der Waals surface area (Å²) in [5.74, 6) is 1.76. The predicted molar refractivity (Wildman–Crippen MR) is 121 cm³/mol. The Morgan fingerprint density at radius 3 is 2.65 bits per heavy atom. The Bertz CT molecular complexity index is 1200. The maximum absolute atomic E-state index is 8.99. The molecule has 2 aromatic carbocycles. The number of likely N-dealkylation sites (N-methyl/N-ethyl adjacent to an activating group) is 1. The average Bonchev–Trinajstić information content (AvgIpc) is 3.27. The Balaban J connectivity index is 1.67. The third kappa shape index (κ3) is 5.22. The van der Waals surface area contributed by atoms with Crippen LogP contribution in [0.3, 0.4) is 0 Å². The SMILES string of the molecule is CN(C)CCOc1ccc2c(Nc3ncns3)nc(Nc3ccc(C#N)cc3)nc2c1. The van der Waals surface area contributed by atoms with Crippen molar-refractivity contribution in [1.29, 1.82) is 5.26 Å². The molecule has 2 aromatic heterocycles. The zero-order chi connectivity index (χ0) is 21.6. The van der Waals surface area contributed by atoms with Crippen LogP contribution in [0.25, 0.3) is 10.9 Å². The van der Waals surface area contributed by atoms with Crippen molar-refractivity contribution in [2.24, 2.45) is 0 Å². The van der Waals surface area contributed by atoms with Crippen LogP contribution in [-0.4, -0.2) is 51.5 Å². The van der Waals surface area contributed by atoms with Gasteiger partial charge < -0.3 is 20.3 Å². The molecule has 2 heterocycles. The van der Waals surface area contributed by atoms with E-state index in [1.165, 1.54) is 17.9 Å². The van der Waals surface area contributed by atoms with Gasteiger partial charge in [0.2, 0.25) is 11.1 Å². The molecule has 0 aliphatic rings. The lowest BCUT2D eigenvalue weighted by Crippen LogP contribution is -2.19. The van der Waals surface area contributed by atoms with Gasteiger partial charge in [-0.2, -0.15) is 14.6 Å². The highest BCUT2D eigenvalue weighted by Crippen LogP contribution is 2.29. The summed E-state index contributed by atoms with van der Waals surface area (Å²) in [5, 5.41) is 16.9. The molecule has 0 aliphatic carbocycles. The lowest BCUT2D eigenvalue weighted by Gasteiger charge is -2.13. The van der Waals surface area contributed by atoms with E-state index in [9.17, 15) is 0 Å².